The third-order valence-electron chi connectivity index (χ3n) is 6.39. The lowest BCUT2D eigenvalue weighted by molar-refractivity contribution is -0.119. The van der Waals surface area contributed by atoms with Crippen LogP contribution >= 0.6 is 0 Å². The molecule has 0 atom stereocenters. The predicted octanol–water partition coefficient (Wildman–Crippen LogP) is 4.58. The molecule has 196 valence electrons. The number of ether oxygens (including phenoxy) is 1. The number of carbonyl (C=O) groups is 1. The molecule has 3 aromatic carbocycles. The summed E-state index contributed by atoms with van der Waals surface area (Å²) in [6.45, 7) is 5.30. The number of likely N-dealkylation sites (tertiary alicyclic amines) is 1. The van der Waals surface area contributed by atoms with Gasteiger partial charge in [0.05, 0.1) is 17.2 Å². The number of hydrogen-bond donors (Lipinski definition) is 1. The molecular formula is C29H35N3O4S. The van der Waals surface area contributed by atoms with Crippen LogP contribution in [0.2, 0.25) is 0 Å². The van der Waals surface area contributed by atoms with Gasteiger partial charge in [-0.1, -0.05) is 61.0 Å². The van der Waals surface area contributed by atoms with Crippen molar-refractivity contribution in [3.8, 4) is 5.75 Å². The second-order valence-corrected chi connectivity index (χ2v) is 11.0. The Balaban J connectivity index is 1.49. The van der Waals surface area contributed by atoms with Gasteiger partial charge in [-0.05, 0) is 68.2 Å². The number of nitrogens with zero attached hydrogens (tertiary/aromatic N) is 2. The monoisotopic (exact) mass is 521 g/mol. The summed E-state index contributed by atoms with van der Waals surface area (Å²) in [6.07, 6.45) is 3.78. The maximum atomic E-state index is 13.6. The molecule has 0 bridgehead atoms. The highest BCUT2D eigenvalue weighted by atomic mass is 32.2. The molecule has 0 aliphatic carbocycles. The fourth-order valence-corrected chi connectivity index (χ4v) is 6.01. The fourth-order valence-electron chi connectivity index (χ4n) is 4.56. The quantitative estimate of drug-likeness (QED) is 0.400. The van der Waals surface area contributed by atoms with Gasteiger partial charge in [-0.2, -0.15) is 0 Å². The molecule has 1 saturated heterocycles. The molecule has 0 radical (unpaired) electrons. The molecule has 1 aliphatic heterocycles. The minimum Gasteiger partial charge on any atom is -0.492 e. The van der Waals surface area contributed by atoms with Crippen molar-refractivity contribution in [2.75, 3.05) is 30.5 Å². The minimum atomic E-state index is -4.01. The number of para-hydroxylation sites is 2. The minimum absolute atomic E-state index is 0.111. The summed E-state index contributed by atoms with van der Waals surface area (Å²) in [6, 6.07) is 23.2. The SMILES string of the molecule is CCOc1ccccc1N(CC(=O)NCc1cccc(CN2CCCCC2)c1)S(=O)(=O)c1ccccc1. The number of hydrogen-bond acceptors (Lipinski definition) is 5. The first-order valence-electron chi connectivity index (χ1n) is 12.8. The zero-order chi connectivity index (χ0) is 26.1. The van der Waals surface area contributed by atoms with Crippen LogP contribution in [0.5, 0.6) is 5.75 Å². The molecule has 0 unspecified atom stereocenters. The molecule has 1 heterocycles. The van der Waals surface area contributed by atoms with Crippen LogP contribution in [0.25, 0.3) is 0 Å². The van der Waals surface area contributed by atoms with Crippen LogP contribution in [0.15, 0.2) is 83.8 Å². The van der Waals surface area contributed by atoms with Crippen molar-refractivity contribution in [3.05, 3.63) is 90.0 Å². The van der Waals surface area contributed by atoms with E-state index in [1.165, 1.54) is 37.0 Å². The van der Waals surface area contributed by atoms with Gasteiger partial charge in [0.25, 0.3) is 10.0 Å². The van der Waals surface area contributed by atoms with E-state index in [9.17, 15) is 13.2 Å². The lowest BCUT2D eigenvalue weighted by Gasteiger charge is -2.26. The summed E-state index contributed by atoms with van der Waals surface area (Å²) in [5.74, 6) is 0.00922. The molecule has 0 spiro atoms. The topological polar surface area (TPSA) is 79.0 Å². The van der Waals surface area contributed by atoms with Gasteiger partial charge in [0.1, 0.15) is 12.3 Å². The summed E-state index contributed by atoms with van der Waals surface area (Å²) in [4.78, 5) is 15.7. The zero-order valence-electron chi connectivity index (χ0n) is 21.3. The number of anilines is 1. The second kappa shape index (κ2) is 12.7. The largest absolute Gasteiger partial charge is 0.492 e. The Morgan fingerprint density at radius 1 is 0.919 bits per heavy atom. The van der Waals surface area contributed by atoms with E-state index in [0.29, 0.717) is 24.6 Å². The summed E-state index contributed by atoms with van der Waals surface area (Å²) in [7, 11) is -4.01. The first-order chi connectivity index (χ1) is 18.0. The number of rotatable bonds is 11. The number of benzene rings is 3. The average molecular weight is 522 g/mol. The molecule has 1 N–H and O–H groups in total. The Kier molecular flexibility index (Phi) is 9.19. The van der Waals surface area contributed by atoms with Crippen molar-refractivity contribution in [1.82, 2.24) is 10.2 Å². The normalized spacial score (nSPS) is 14.2. The lowest BCUT2D eigenvalue weighted by Crippen LogP contribution is -2.40. The molecular weight excluding hydrogens is 486 g/mol. The smallest absolute Gasteiger partial charge is 0.264 e. The van der Waals surface area contributed by atoms with Crippen molar-refractivity contribution in [2.24, 2.45) is 0 Å². The van der Waals surface area contributed by atoms with Gasteiger partial charge in [-0.25, -0.2) is 8.42 Å². The van der Waals surface area contributed by atoms with Gasteiger partial charge < -0.3 is 10.1 Å². The molecule has 37 heavy (non-hydrogen) atoms. The van der Waals surface area contributed by atoms with Gasteiger partial charge in [0, 0.05) is 13.1 Å². The summed E-state index contributed by atoms with van der Waals surface area (Å²) in [5, 5.41) is 2.91. The lowest BCUT2D eigenvalue weighted by atomic mass is 10.1. The third-order valence-corrected chi connectivity index (χ3v) is 8.16. The van der Waals surface area contributed by atoms with Crippen molar-refractivity contribution in [3.63, 3.8) is 0 Å². The Morgan fingerprint density at radius 2 is 1.62 bits per heavy atom. The van der Waals surface area contributed by atoms with Crippen LogP contribution in [0.1, 0.15) is 37.3 Å². The Labute approximate surface area is 220 Å². The van der Waals surface area contributed by atoms with Crippen molar-refractivity contribution in [1.29, 1.82) is 0 Å². The zero-order valence-corrected chi connectivity index (χ0v) is 22.1. The van der Waals surface area contributed by atoms with E-state index in [-0.39, 0.29) is 11.4 Å². The van der Waals surface area contributed by atoms with Gasteiger partial charge >= 0.3 is 0 Å². The Bertz CT molecular complexity index is 1280. The number of nitrogens with one attached hydrogen (secondary N) is 1. The average Bonchev–Trinajstić information content (AvgIpc) is 2.92. The molecule has 1 fully saturated rings. The number of sulfonamides is 1. The second-order valence-electron chi connectivity index (χ2n) is 9.16. The number of piperidine rings is 1. The molecule has 4 rings (SSSR count). The highest BCUT2D eigenvalue weighted by Crippen LogP contribution is 2.32. The van der Waals surface area contributed by atoms with E-state index >= 15 is 0 Å². The first kappa shape index (κ1) is 26.7. The highest BCUT2D eigenvalue weighted by Gasteiger charge is 2.29. The summed E-state index contributed by atoms with van der Waals surface area (Å²) < 4.78 is 34.1. The van der Waals surface area contributed by atoms with Gasteiger partial charge in [0.2, 0.25) is 5.91 Å². The third kappa shape index (κ3) is 7.11. The standard InChI is InChI=1S/C29H35N3O4S/c1-2-36-28-17-8-7-16-27(28)32(37(34,35)26-14-5-3-6-15-26)23-29(33)30-21-24-12-11-13-25(20-24)22-31-18-9-4-10-19-31/h3,5-8,11-17,20H,2,4,9-10,18-19,21-23H2,1H3,(H,30,33). The van der Waals surface area contributed by atoms with E-state index < -0.39 is 15.9 Å². The van der Waals surface area contributed by atoms with Crippen LogP contribution in [0.3, 0.4) is 0 Å². The highest BCUT2D eigenvalue weighted by molar-refractivity contribution is 7.92. The van der Waals surface area contributed by atoms with Crippen molar-refractivity contribution < 1.29 is 17.9 Å². The Hall–Kier alpha value is -3.36. The molecule has 3 aromatic rings. The molecule has 0 aromatic heterocycles. The van der Waals surface area contributed by atoms with Crippen LogP contribution in [-0.4, -0.2) is 45.5 Å². The molecule has 7 nitrogen and oxygen atoms in total. The van der Waals surface area contributed by atoms with Crippen molar-refractivity contribution in [2.45, 2.75) is 44.2 Å². The van der Waals surface area contributed by atoms with Crippen molar-refractivity contribution >= 4 is 21.6 Å². The van der Waals surface area contributed by atoms with E-state index in [1.54, 1.807) is 42.5 Å². The van der Waals surface area contributed by atoms with Crippen LogP contribution in [-0.2, 0) is 27.9 Å². The fraction of sp³-hybridized carbons (Fsp3) is 0.345. The van der Waals surface area contributed by atoms with Crippen LogP contribution < -0.4 is 14.4 Å². The van der Waals surface area contributed by atoms with Gasteiger partial charge in [-0.3, -0.25) is 14.0 Å². The van der Waals surface area contributed by atoms with E-state index in [1.807, 2.05) is 19.1 Å². The van der Waals surface area contributed by atoms with E-state index in [4.69, 9.17) is 4.74 Å². The van der Waals surface area contributed by atoms with E-state index in [0.717, 1.165) is 29.5 Å². The molecule has 1 aliphatic rings. The number of carbonyl (C=O) groups excluding carboxylic acids is 1. The Morgan fingerprint density at radius 3 is 2.38 bits per heavy atom. The van der Waals surface area contributed by atoms with E-state index in [2.05, 4.69) is 22.3 Å². The maximum Gasteiger partial charge on any atom is 0.264 e. The molecule has 8 heteroatoms. The number of amides is 1. The first-order valence-corrected chi connectivity index (χ1v) is 14.3. The summed E-state index contributed by atoms with van der Waals surface area (Å²) >= 11 is 0. The van der Waals surface area contributed by atoms with Gasteiger partial charge in [-0.15, -0.1) is 0 Å². The van der Waals surface area contributed by atoms with Gasteiger partial charge in [0.15, 0.2) is 0 Å². The molecule has 1 amide bonds. The van der Waals surface area contributed by atoms with Crippen LogP contribution in [0, 0.1) is 0 Å². The molecule has 0 saturated carbocycles. The predicted molar refractivity (Wildman–Crippen MR) is 146 cm³/mol. The maximum absolute atomic E-state index is 13.6. The summed E-state index contributed by atoms with van der Waals surface area (Å²) in [5.41, 5.74) is 2.52. The van der Waals surface area contributed by atoms with Crippen LogP contribution in [0.4, 0.5) is 5.69 Å².